The number of hydrogen-bond acceptors (Lipinski definition) is 9. The molecule has 32 heavy (non-hydrogen) atoms. The molecule has 5 rings (SSSR count). The molecule has 168 valence electrons. The van der Waals surface area contributed by atoms with Gasteiger partial charge in [-0.3, -0.25) is 0 Å². The minimum atomic E-state index is 0.201. The summed E-state index contributed by atoms with van der Waals surface area (Å²) in [5, 5.41) is 7.82. The van der Waals surface area contributed by atoms with Gasteiger partial charge in [-0.25, -0.2) is 9.97 Å². The van der Waals surface area contributed by atoms with Gasteiger partial charge in [-0.1, -0.05) is 6.07 Å². The third kappa shape index (κ3) is 4.09. The van der Waals surface area contributed by atoms with Crippen LogP contribution in [0.5, 0.6) is 23.0 Å². The smallest absolute Gasteiger partial charge is 0.231 e. The Hall–Kier alpha value is -3.30. The fourth-order valence-corrected chi connectivity index (χ4v) is 3.98. The normalized spacial score (nSPS) is 16.9. The first-order valence-corrected chi connectivity index (χ1v) is 10.8. The van der Waals surface area contributed by atoms with E-state index >= 15 is 0 Å². The molecule has 0 amide bonds. The predicted octanol–water partition coefficient (Wildman–Crippen LogP) is 2.91. The molecule has 9 heteroatoms. The number of rotatable bonds is 1. The van der Waals surface area contributed by atoms with Crippen molar-refractivity contribution in [3.8, 4) is 23.0 Å². The molecule has 2 bridgehead atoms. The van der Waals surface area contributed by atoms with Crippen molar-refractivity contribution in [2.24, 2.45) is 0 Å². The highest BCUT2D eigenvalue weighted by atomic mass is 16.7. The first-order valence-electron chi connectivity index (χ1n) is 10.8. The zero-order valence-electron chi connectivity index (χ0n) is 18.3. The second-order valence-electron chi connectivity index (χ2n) is 7.89. The molecule has 0 saturated heterocycles. The van der Waals surface area contributed by atoms with Crippen LogP contribution in [0, 0.1) is 0 Å². The van der Waals surface area contributed by atoms with Crippen LogP contribution in [0.4, 0.5) is 11.5 Å². The van der Waals surface area contributed by atoms with Gasteiger partial charge in [0.1, 0.15) is 12.1 Å². The number of fused-ring (bicyclic) bond motifs is 4. The molecule has 9 nitrogen and oxygen atoms in total. The fraction of sp³-hybridized carbons (Fsp3) is 0.391. The summed E-state index contributed by atoms with van der Waals surface area (Å²) < 4.78 is 23.0. The fourth-order valence-electron chi connectivity index (χ4n) is 3.98. The highest BCUT2D eigenvalue weighted by molar-refractivity contribution is 5.94. The largest absolute Gasteiger partial charge is 0.493 e. The van der Waals surface area contributed by atoms with E-state index < -0.39 is 0 Å². The van der Waals surface area contributed by atoms with Crippen LogP contribution < -0.4 is 29.6 Å². The Kier molecular flexibility index (Phi) is 5.83. The second kappa shape index (κ2) is 9.05. The zero-order valence-corrected chi connectivity index (χ0v) is 18.3. The van der Waals surface area contributed by atoms with Gasteiger partial charge in [0.05, 0.1) is 24.9 Å². The van der Waals surface area contributed by atoms with E-state index in [1.807, 2.05) is 18.2 Å². The Morgan fingerprint density at radius 2 is 2.00 bits per heavy atom. The van der Waals surface area contributed by atoms with Crippen LogP contribution in [0.3, 0.4) is 0 Å². The van der Waals surface area contributed by atoms with E-state index in [1.165, 1.54) is 0 Å². The maximum Gasteiger partial charge on any atom is 0.231 e. The monoisotopic (exact) mass is 437 g/mol. The number of ether oxygens (including phenoxy) is 4. The molecular formula is C23H27N5O4. The molecule has 2 aliphatic rings. The van der Waals surface area contributed by atoms with Gasteiger partial charge in [0.15, 0.2) is 23.0 Å². The molecule has 3 aromatic rings. The quantitative estimate of drug-likeness (QED) is 0.596. The van der Waals surface area contributed by atoms with E-state index in [0.29, 0.717) is 29.7 Å². The summed E-state index contributed by atoms with van der Waals surface area (Å²) in [7, 11) is 3.75. The standard InChI is InChI=1S/C23H27N5O4/c1-28-8-7-24-6-3-9-30-20-10-16-17(11-19(20)29-2)25-13-26-23(16)27-21-15(12-28)4-5-18-22(21)32-14-31-18/h4-5,10-11,13,24H,3,6-9,12,14H2,1-2H3,(H,25,26,27). The van der Waals surface area contributed by atoms with Gasteiger partial charge in [-0.15, -0.1) is 0 Å². The first kappa shape index (κ1) is 20.6. The maximum absolute atomic E-state index is 6.05. The lowest BCUT2D eigenvalue weighted by Crippen LogP contribution is -2.30. The molecule has 1 aromatic heterocycles. The number of likely N-dealkylation sites (N-methyl/N-ethyl adjacent to an activating group) is 1. The summed E-state index contributed by atoms with van der Waals surface area (Å²) in [6.07, 6.45) is 2.44. The summed E-state index contributed by atoms with van der Waals surface area (Å²) in [4.78, 5) is 11.2. The molecule has 2 N–H and O–H groups in total. The molecule has 2 aromatic carbocycles. The van der Waals surface area contributed by atoms with E-state index in [-0.39, 0.29) is 6.79 Å². The predicted molar refractivity (Wildman–Crippen MR) is 121 cm³/mol. The Balaban J connectivity index is 1.62. The number of aromatic nitrogens is 2. The van der Waals surface area contributed by atoms with Crippen molar-refractivity contribution >= 4 is 22.4 Å². The number of anilines is 2. The number of nitrogens with one attached hydrogen (secondary N) is 2. The van der Waals surface area contributed by atoms with Crippen molar-refractivity contribution in [2.45, 2.75) is 13.0 Å². The minimum Gasteiger partial charge on any atom is -0.493 e. The molecule has 2 aliphatic heterocycles. The van der Waals surface area contributed by atoms with Crippen molar-refractivity contribution in [1.82, 2.24) is 20.2 Å². The summed E-state index contributed by atoms with van der Waals surface area (Å²) in [6.45, 7) is 4.24. The Morgan fingerprint density at radius 1 is 1.06 bits per heavy atom. The zero-order chi connectivity index (χ0) is 21.9. The molecule has 0 atom stereocenters. The highest BCUT2D eigenvalue weighted by Crippen LogP contribution is 2.44. The van der Waals surface area contributed by atoms with Gasteiger partial charge in [-0.2, -0.15) is 0 Å². The maximum atomic E-state index is 6.05. The van der Waals surface area contributed by atoms with Gasteiger partial charge in [0.2, 0.25) is 6.79 Å². The van der Waals surface area contributed by atoms with Gasteiger partial charge in [-0.05, 0) is 37.7 Å². The van der Waals surface area contributed by atoms with Crippen LogP contribution in [0.1, 0.15) is 12.0 Å². The number of benzene rings is 2. The van der Waals surface area contributed by atoms with Crippen molar-refractivity contribution in [3.63, 3.8) is 0 Å². The van der Waals surface area contributed by atoms with Crippen molar-refractivity contribution in [3.05, 3.63) is 36.2 Å². The lowest BCUT2D eigenvalue weighted by molar-refractivity contribution is 0.174. The molecular weight excluding hydrogens is 410 g/mol. The number of nitrogens with zero attached hydrogens (tertiary/aromatic N) is 3. The second-order valence-corrected chi connectivity index (χ2v) is 7.89. The van der Waals surface area contributed by atoms with Gasteiger partial charge < -0.3 is 34.5 Å². The Morgan fingerprint density at radius 3 is 2.91 bits per heavy atom. The van der Waals surface area contributed by atoms with Gasteiger partial charge >= 0.3 is 0 Å². The SMILES string of the molecule is COc1cc2ncnc3c2cc1OCCCNCCN(C)Cc1ccc2c(c1N3)OCO2. The van der Waals surface area contributed by atoms with E-state index in [2.05, 4.69) is 38.6 Å². The summed E-state index contributed by atoms with van der Waals surface area (Å²) >= 11 is 0. The lowest BCUT2D eigenvalue weighted by Gasteiger charge is -2.21. The molecule has 3 heterocycles. The lowest BCUT2D eigenvalue weighted by atomic mass is 10.1. The van der Waals surface area contributed by atoms with Crippen LogP contribution in [0.2, 0.25) is 0 Å². The highest BCUT2D eigenvalue weighted by Gasteiger charge is 2.23. The molecule has 0 saturated carbocycles. The molecule has 0 spiro atoms. The van der Waals surface area contributed by atoms with E-state index in [4.69, 9.17) is 18.9 Å². The molecule has 0 aliphatic carbocycles. The number of hydrogen-bond donors (Lipinski definition) is 2. The van der Waals surface area contributed by atoms with Crippen molar-refractivity contribution in [2.75, 3.05) is 52.5 Å². The van der Waals surface area contributed by atoms with Crippen molar-refractivity contribution in [1.29, 1.82) is 0 Å². The van der Waals surface area contributed by atoms with Gasteiger partial charge in [0, 0.05) is 31.1 Å². The summed E-state index contributed by atoms with van der Waals surface area (Å²) in [5.41, 5.74) is 2.71. The van der Waals surface area contributed by atoms with E-state index in [1.54, 1.807) is 13.4 Å². The van der Waals surface area contributed by atoms with Crippen LogP contribution >= 0.6 is 0 Å². The van der Waals surface area contributed by atoms with E-state index in [0.717, 1.165) is 60.5 Å². The average Bonchev–Trinajstić information content (AvgIpc) is 3.28. The van der Waals surface area contributed by atoms with Gasteiger partial charge in [0.25, 0.3) is 0 Å². The summed E-state index contributed by atoms with van der Waals surface area (Å²) in [5.74, 6) is 3.41. The molecule has 0 unspecified atom stereocenters. The first-order chi connectivity index (χ1) is 15.7. The molecule has 0 radical (unpaired) electrons. The minimum absolute atomic E-state index is 0.201. The van der Waals surface area contributed by atoms with Crippen LogP contribution in [-0.2, 0) is 6.54 Å². The third-order valence-corrected chi connectivity index (χ3v) is 5.66. The summed E-state index contributed by atoms with van der Waals surface area (Å²) in [6, 6.07) is 7.84. The average molecular weight is 438 g/mol. The van der Waals surface area contributed by atoms with Crippen LogP contribution in [0.25, 0.3) is 10.9 Å². The third-order valence-electron chi connectivity index (χ3n) is 5.66. The van der Waals surface area contributed by atoms with E-state index in [9.17, 15) is 0 Å². The Bertz CT molecular complexity index is 1120. The van der Waals surface area contributed by atoms with Crippen molar-refractivity contribution < 1.29 is 18.9 Å². The molecule has 0 fully saturated rings. The topological polar surface area (TPSA) is 90.0 Å². The van der Waals surface area contributed by atoms with Crippen LogP contribution in [-0.4, -0.2) is 62.1 Å². The number of methoxy groups -OCH3 is 1. The van der Waals surface area contributed by atoms with Crippen LogP contribution in [0.15, 0.2) is 30.6 Å². The Labute approximate surface area is 186 Å².